The lowest BCUT2D eigenvalue weighted by atomic mass is 9.89. The molecule has 5 heteroatoms. The average Bonchev–Trinajstić information content (AvgIpc) is 2.80. The van der Waals surface area contributed by atoms with Crippen LogP contribution >= 0.6 is 0 Å². The van der Waals surface area contributed by atoms with Crippen LogP contribution in [0.4, 0.5) is 0 Å². The minimum Gasteiger partial charge on any atom is -0.482 e. The monoisotopic (exact) mass is 289 g/mol. The van der Waals surface area contributed by atoms with Gasteiger partial charge in [0.2, 0.25) is 11.5 Å². The first-order chi connectivity index (χ1) is 10.1. The largest absolute Gasteiger partial charge is 0.482 e. The van der Waals surface area contributed by atoms with E-state index in [-0.39, 0.29) is 18.1 Å². The Morgan fingerprint density at radius 1 is 1.38 bits per heavy atom. The van der Waals surface area contributed by atoms with Crippen molar-refractivity contribution in [2.45, 2.75) is 25.0 Å². The first-order valence-corrected chi connectivity index (χ1v) is 6.76. The predicted octanol–water partition coefficient (Wildman–Crippen LogP) is 1.81. The summed E-state index contributed by atoms with van der Waals surface area (Å²) in [6, 6.07) is 9.44. The first-order valence-electron chi connectivity index (χ1n) is 6.76. The van der Waals surface area contributed by atoms with Crippen molar-refractivity contribution < 1.29 is 19.4 Å². The molecule has 1 heterocycles. The van der Waals surface area contributed by atoms with Crippen LogP contribution in [0, 0.1) is 0 Å². The van der Waals surface area contributed by atoms with E-state index in [1.54, 1.807) is 13.0 Å². The molecule has 1 aromatic rings. The van der Waals surface area contributed by atoms with Gasteiger partial charge in [-0.1, -0.05) is 37.3 Å². The molecule has 0 fully saturated rings. The smallest absolute Gasteiger partial charge is 0.233 e. The Kier molecular flexibility index (Phi) is 4.55. The molecule has 5 nitrogen and oxygen atoms in total. The van der Waals surface area contributed by atoms with Crippen molar-refractivity contribution in [2.75, 3.05) is 14.2 Å². The van der Waals surface area contributed by atoms with Gasteiger partial charge >= 0.3 is 0 Å². The fraction of sp³-hybridized carbons (Fsp3) is 0.375. The number of aliphatic hydroxyl groups excluding tert-OH is 1. The molecule has 1 aromatic carbocycles. The predicted molar refractivity (Wildman–Crippen MR) is 79.9 cm³/mol. The maximum absolute atomic E-state index is 12.3. The maximum Gasteiger partial charge on any atom is 0.233 e. The molecule has 112 valence electrons. The molecule has 0 radical (unpaired) electrons. The van der Waals surface area contributed by atoms with Crippen molar-refractivity contribution in [1.29, 1.82) is 0 Å². The number of carbonyl (C=O) groups excluding carboxylic acids is 1. The normalized spacial score (nSPS) is 26.8. The number of methoxy groups -OCH3 is 2. The molecule has 0 bridgehead atoms. The molecule has 1 aliphatic heterocycles. The topological polar surface area (TPSA) is 68.1 Å². The highest BCUT2D eigenvalue weighted by Crippen LogP contribution is 2.34. The number of ketones is 1. The van der Waals surface area contributed by atoms with Crippen molar-refractivity contribution in [3.05, 3.63) is 41.6 Å². The second kappa shape index (κ2) is 6.20. The third kappa shape index (κ3) is 2.50. The standard InChI is InChI=1S/C16H19NO4/c1-4-13(18)16(21-3)14(19)12(17-15(16)20-2)10-11-8-6-5-7-9-11/h5-10,14,19H,4H2,1-3H3/b12-10-/t14-,16+/m0/s1. The quantitative estimate of drug-likeness (QED) is 0.918. The van der Waals surface area contributed by atoms with Crippen molar-refractivity contribution >= 4 is 17.8 Å². The van der Waals surface area contributed by atoms with E-state index < -0.39 is 11.7 Å². The Hall–Kier alpha value is -1.98. The lowest BCUT2D eigenvalue weighted by Crippen LogP contribution is -2.54. The van der Waals surface area contributed by atoms with Gasteiger partial charge in [0, 0.05) is 13.5 Å². The van der Waals surface area contributed by atoms with E-state index in [0.29, 0.717) is 5.70 Å². The lowest BCUT2D eigenvalue weighted by molar-refractivity contribution is -0.141. The minimum atomic E-state index is -1.55. The van der Waals surface area contributed by atoms with Gasteiger partial charge in [-0.2, -0.15) is 0 Å². The maximum atomic E-state index is 12.3. The highest BCUT2D eigenvalue weighted by atomic mass is 16.6. The number of nitrogens with zero attached hydrogens (tertiary/aromatic N) is 1. The van der Waals surface area contributed by atoms with Gasteiger partial charge in [0.25, 0.3) is 0 Å². The number of rotatable bonds is 4. The van der Waals surface area contributed by atoms with Crippen LogP contribution in [0.25, 0.3) is 6.08 Å². The fourth-order valence-electron chi connectivity index (χ4n) is 2.46. The van der Waals surface area contributed by atoms with E-state index in [4.69, 9.17) is 9.47 Å². The molecule has 0 aliphatic carbocycles. The van der Waals surface area contributed by atoms with Crippen LogP contribution in [0.15, 0.2) is 41.0 Å². The zero-order chi connectivity index (χ0) is 15.5. The van der Waals surface area contributed by atoms with Gasteiger partial charge < -0.3 is 14.6 Å². The zero-order valence-corrected chi connectivity index (χ0v) is 12.4. The second-order valence-electron chi connectivity index (χ2n) is 4.72. The lowest BCUT2D eigenvalue weighted by Gasteiger charge is -2.29. The van der Waals surface area contributed by atoms with Crippen LogP contribution in [0.5, 0.6) is 0 Å². The molecule has 21 heavy (non-hydrogen) atoms. The van der Waals surface area contributed by atoms with E-state index in [9.17, 15) is 9.90 Å². The molecule has 1 aliphatic rings. The van der Waals surface area contributed by atoms with Crippen LogP contribution < -0.4 is 0 Å². The van der Waals surface area contributed by atoms with Crippen LogP contribution in [-0.2, 0) is 14.3 Å². The van der Waals surface area contributed by atoms with Crippen LogP contribution in [-0.4, -0.2) is 42.7 Å². The van der Waals surface area contributed by atoms with Gasteiger partial charge in [0.1, 0.15) is 6.10 Å². The van der Waals surface area contributed by atoms with E-state index in [1.165, 1.54) is 14.2 Å². The van der Waals surface area contributed by atoms with E-state index in [0.717, 1.165) is 5.56 Å². The van der Waals surface area contributed by atoms with E-state index in [1.807, 2.05) is 30.3 Å². The Balaban J connectivity index is 2.47. The van der Waals surface area contributed by atoms with Crippen LogP contribution in [0.1, 0.15) is 18.9 Å². The fourth-order valence-corrected chi connectivity index (χ4v) is 2.46. The van der Waals surface area contributed by atoms with Crippen molar-refractivity contribution in [2.24, 2.45) is 4.99 Å². The van der Waals surface area contributed by atoms with Crippen LogP contribution in [0.2, 0.25) is 0 Å². The minimum absolute atomic E-state index is 0.0894. The summed E-state index contributed by atoms with van der Waals surface area (Å²) >= 11 is 0. The summed E-state index contributed by atoms with van der Waals surface area (Å²) in [4.78, 5) is 16.5. The van der Waals surface area contributed by atoms with Gasteiger partial charge in [0.15, 0.2) is 5.78 Å². The third-order valence-electron chi connectivity index (χ3n) is 3.58. The number of aliphatic imine (C=N–C) groups is 1. The van der Waals surface area contributed by atoms with Gasteiger partial charge in [-0.3, -0.25) is 4.79 Å². The number of ether oxygens (including phenoxy) is 2. The summed E-state index contributed by atoms with van der Waals surface area (Å²) in [6.45, 7) is 1.71. The van der Waals surface area contributed by atoms with Gasteiger partial charge in [-0.05, 0) is 11.6 Å². The molecule has 2 atom stereocenters. The summed E-state index contributed by atoms with van der Waals surface area (Å²) in [5, 5.41) is 10.6. The van der Waals surface area contributed by atoms with Crippen molar-refractivity contribution in [3.8, 4) is 0 Å². The van der Waals surface area contributed by atoms with Gasteiger partial charge in [0.05, 0.1) is 12.8 Å². The Labute approximate surface area is 123 Å². The summed E-state index contributed by atoms with van der Waals surface area (Å²) in [7, 11) is 2.78. The number of aliphatic hydroxyl groups is 1. The molecule has 0 aromatic heterocycles. The summed E-state index contributed by atoms with van der Waals surface area (Å²) in [6.07, 6.45) is 0.740. The molecular weight excluding hydrogens is 270 g/mol. The number of carbonyl (C=O) groups is 1. The van der Waals surface area contributed by atoms with E-state index in [2.05, 4.69) is 4.99 Å². The number of hydrogen-bond acceptors (Lipinski definition) is 5. The highest BCUT2D eigenvalue weighted by molar-refractivity contribution is 6.13. The summed E-state index contributed by atoms with van der Waals surface area (Å²) < 4.78 is 10.5. The second-order valence-corrected chi connectivity index (χ2v) is 4.72. The first kappa shape index (κ1) is 15.4. The van der Waals surface area contributed by atoms with Crippen molar-refractivity contribution in [3.63, 3.8) is 0 Å². The number of benzene rings is 1. The third-order valence-corrected chi connectivity index (χ3v) is 3.58. The molecule has 0 saturated heterocycles. The molecule has 2 rings (SSSR count). The van der Waals surface area contributed by atoms with Gasteiger partial charge in [-0.25, -0.2) is 4.99 Å². The average molecular weight is 289 g/mol. The molecule has 0 spiro atoms. The van der Waals surface area contributed by atoms with Crippen LogP contribution in [0.3, 0.4) is 0 Å². The molecule has 0 saturated carbocycles. The van der Waals surface area contributed by atoms with Crippen molar-refractivity contribution in [1.82, 2.24) is 0 Å². The summed E-state index contributed by atoms with van der Waals surface area (Å²) in [5.41, 5.74) is -0.326. The molecule has 0 amide bonds. The van der Waals surface area contributed by atoms with E-state index >= 15 is 0 Å². The number of Topliss-reactive ketones (excluding diaryl/α,β-unsaturated/α-hetero) is 1. The summed E-state index contributed by atoms with van der Waals surface area (Å²) in [5.74, 6) is -0.180. The zero-order valence-electron chi connectivity index (χ0n) is 12.4. The SMILES string of the molecule is CCC(=O)[C@]1(OC)C(OC)=N/C(=C\c2ccccc2)[C@@H]1O. The molecule has 1 N–H and O–H groups in total. The number of hydrogen-bond donors (Lipinski definition) is 1. The molecule has 0 unspecified atom stereocenters. The Morgan fingerprint density at radius 2 is 2.05 bits per heavy atom. The van der Waals surface area contributed by atoms with Gasteiger partial charge in [-0.15, -0.1) is 0 Å². The Bertz CT molecular complexity index is 579. The highest BCUT2D eigenvalue weighted by Gasteiger charge is 2.56. The molecular formula is C16H19NO4. The Morgan fingerprint density at radius 3 is 2.57 bits per heavy atom.